The molecule has 1 saturated carbocycles. The maximum absolute atomic E-state index is 13.1. The summed E-state index contributed by atoms with van der Waals surface area (Å²) in [5.74, 6) is 0.895. The lowest BCUT2D eigenvalue weighted by Gasteiger charge is -2.41. The number of alkyl halides is 3. The van der Waals surface area contributed by atoms with Crippen LogP contribution < -0.4 is 10.6 Å². The number of guanidine groups is 1. The summed E-state index contributed by atoms with van der Waals surface area (Å²) in [7, 11) is 0. The molecule has 3 rings (SSSR count). The number of nitrogens with one attached hydrogen (secondary N) is 2. The predicted molar refractivity (Wildman–Crippen MR) is 111 cm³/mol. The van der Waals surface area contributed by atoms with E-state index < -0.39 is 11.7 Å². The van der Waals surface area contributed by atoms with Crippen LogP contribution in [0.5, 0.6) is 0 Å². The van der Waals surface area contributed by atoms with Gasteiger partial charge in [-0.05, 0) is 44.2 Å². The van der Waals surface area contributed by atoms with Crippen molar-refractivity contribution in [3.05, 3.63) is 35.4 Å². The van der Waals surface area contributed by atoms with Gasteiger partial charge in [-0.3, -0.25) is 9.79 Å². The first-order chi connectivity index (χ1) is 14.3. The molecule has 1 aromatic carbocycles. The number of nitrogens with zero attached hydrogens (tertiary/aromatic N) is 2. The lowest BCUT2D eigenvalue weighted by atomic mass is 9.64. The third kappa shape index (κ3) is 5.46. The number of likely N-dealkylation sites (tertiary alicyclic amines) is 1. The summed E-state index contributed by atoms with van der Waals surface area (Å²) in [6.45, 7) is 5.39. The summed E-state index contributed by atoms with van der Waals surface area (Å²) in [5, 5.41) is 6.49. The highest BCUT2D eigenvalue weighted by molar-refractivity contribution is 5.80. The Morgan fingerprint density at radius 2 is 2.03 bits per heavy atom. The van der Waals surface area contributed by atoms with Crippen LogP contribution in [0.25, 0.3) is 0 Å². The van der Waals surface area contributed by atoms with Crippen molar-refractivity contribution in [3.8, 4) is 0 Å². The van der Waals surface area contributed by atoms with E-state index in [4.69, 9.17) is 4.99 Å². The van der Waals surface area contributed by atoms with Crippen molar-refractivity contribution in [1.82, 2.24) is 15.5 Å². The van der Waals surface area contributed by atoms with E-state index in [-0.39, 0.29) is 11.3 Å². The zero-order valence-corrected chi connectivity index (χ0v) is 17.5. The topological polar surface area (TPSA) is 56.7 Å². The minimum Gasteiger partial charge on any atom is -0.357 e. The quantitative estimate of drug-likeness (QED) is 0.380. The van der Waals surface area contributed by atoms with Crippen molar-refractivity contribution in [2.24, 2.45) is 4.99 Å². The molecule has 2 fully saturated rings. The van der Waals surface area contributed by atoms with Crippen LogP contribution >= 0.6 is 0 Å². The Kier molecular flexibility index (Phi) is 7.26. The molecule has 1 amide bonds. The van der Waals surface area contributed by atoms with Gasteiger partial charge in [0.2, 0.25) is 5.91 Å². The number of rotatable bonds is 8. The maximum Gasteiger partial charge on any atom is 0.416 e. The van der Waals surface area contributed by atoms with E-state index in [2.05, 4.69) is 10.6 Å². The molecule has 166 valence electrons. The van der Waals surface area contributed by atoms with Crippen molar-refractivity contribution in [3.63, 3.8) is 0 Å². The van der Waals surface area contributed by atoms with Crippen LogP contribution in [0.4, 0.5) is 13.2 Å². The lowest BCUT2D eigenvalue weighted by molar-refractivity contribution is -0.137. The molecule has 5 nitrogen and oxygen atoms in total. The Morgan fingerprint density at radius 3 is 2.63 bits per heavy atom. The minimum atomic E-state index is -4.34. The van der Waals surface area contributed by atoms with Crippen LogP contribution in [0.1, 0.15) is 56.6 Å². The highest BCUT2D eigenvalue weighted by Crippen LogP contribution is 2.45. The Balaban J connectivity index is 1.60. The molecule has 0 unspecified atom stereocenters. The summed E-state index contributed by atoms with van der Waals surface area (Å²) in [6.07, 6.45) is 0.762. The second-order valence-corrected chi connectivity index (χ2v) is 8.17. The first kappa shape index (κ1) is 22.4. The Bertz CT molecular complexity index is 759. The maximum atomic E-state index is 13.1. The molecule has 1 saturated heterocycles. The molecule has 1 aromatic rings. The van der Waals surface area contributed by atoms with Crippen LogP contribution in [-0.2, 0) is 16.4 Å². The van der Waals surface area contributed by atoms with Crippen molar-refractivity contribution < 1.29 is 18.0 Å². The second kappa shape index (κ2) is 9.71. The van der Waals surface area contributed by atoms with Crippen LogP contribution in [0.3, 0.4) is 0 Å². The Hall–Kier alpha value is -2.25. The highest BCUT2D eigenvalue weighted by Gasteiger charge is 2.40. The smallest absolute Gasteiger partial charge is 0.357 e. The van der Waals surface area contributed by atoms with Gasteiger partial charge in [-0.1, -0.05) is 24.6 Å². The number of hydrogen-bond donors (Lipinski definition) is 2. The lowest BCUT2D eigenvalue weighted by Crippen LogP contribution is -2.42. The van der Waals surface area contributed by atoms with Gasteiger partial charge in [0, 0.05) is 38.0 Å². The molecule has 30 heavy (non-hydrogen) atoms. The van der Waals surface area contributed by atoms with E-state index in [9.17, 15) is 18.0 Å². The Labute approximate surface area is 176 Å². The average molecular weight is 425 g/mol. The molecule has 0 radical (unpaired) electrons. The predicted octanol–water partition coefficient (Wildman–Crippen LogP) is 3.69. The summed E-state index contributed by atoms with van der Waals surface area (Å²) in [6, 6.07) is 5.68. The van der Waals surface area contributed by atoms with Crippen molar-refractivity contribution in [1.29, 1.82) is 0 Å². The molecule has 0 atom stereocenters. The molecule has 1 aliphatic carbocycles. The standard InChI is InChI=1S/C22H31F3N4O/c1-2-26-20(27-12-6-14-29-13-4-9-19(29)30)28-16-21(10-5-11-21)17-7-3-8-18(15-17)22(23,24)25/h3,7-8,15H,2,4-6,9-14,16H2,1H3,(H2,26,27,28). The molecule has 8 heteroatoms. The molecule has 1 heterocycles. The summed E-state index contributed by atoms with van der Waals surface area (Å²) < 4.78 is 39.4. The number of carbonyl (C=O) groups is 1. The molecular weight excluding hydrogens is 393 g/mol. The third-order valence-electron chi connectivity index (χ3n) is 6.07. The summed E-state index contributed by atoms with van der Waals surface area (Å²) in [5.41, 5.74) is -0.210. The number of aliphatic imine (C=N–C) groups is 1. The fraction of sp³-hybridized carbons (Fsp3) is 0.636. The fourth-order valence-electron chi connectivity index (χ4n) is 4.16. The van der Waals surface area contributed by atoms with Gasteiger partial charge in [0.15, 0.2) is 5.96 Å². The molecule has 1 aliphatic heterocycles. The van der Waals surface area contributed by atoms with E-state index in [1.807, 2.05) is 11.8 Å². The molecular formula is C22H31F3N4O. The summed E-state index contributed by atoms with van der Waals surface area (Å²) >= 11 is 0. The first-order valence-electron chi connectivity index (χ1n) is 10.8. The van der Waals surface area contributed by atoms with Gasteiger partial charge in [0.25, 0.3) is 0 Å². The van der Waals surface area contributed by atoms with Crippen LogP contribution in [0, 0.1) is 0 Å². The van der Waals surface area contributed by atoms with Crippen molar-refractivity contribution in [2.75, 3.05) is 32.7 Å². The third-order valence-corrected chi connectivity index (χ3v) is 6.07. The van der Waals surface area contributed by atoms with Crippen molar-refractivity contribution >= 4 is 11.9 Å². The van der Waals surface area contributed by atoms with Gasteiger partial charge < -0.3 is 15.5 Å². The average Bonchev–Trinajstić information content (AvgIpc) is 3.08. The van der Waals surface area contributed by atoms with Gasteiger partial charge in [-0.2, -0.15) is 13.2 Å². The molecule has 2 aliphatic rings. The molecule has 2 N–H and O–H groups in total. The van der Waals surface area contributed by atoms with Crippen LogP contribution in [-0.4, -0.2) is 49.5 Å². The monoisotopic (exact) mass is 424 g/mol. The van der Waals surface area contributed by atoms with Gasteiger partial charge in [-0.15, -0.1) is 0 Å². The summed E-state index contributed by atoms with van der Waals surface area (Å²) in [4.78, 5) is 18.3. The van der Waals surface area contributed by atoms with Crippen LogP contribution in [0.15, 0.2) is 29.3 Å². The number of hydrogen-bond acceptors (Lipinski definition) is 2. The first-order valence-corrected chi connectivity index (χ1v) is 10.8. The molecule has 0 aromatic heterocycles. The number of benzene rings is 1. The van der Waals surface area contributed by atoms with Crippen molar-refractivity contribution in [2.45, 2.75) is 57.0 Å². The Morgan fingerprint density at radius 1 is 1.23 bits per heavy atom. The zero-order valence-electron chi connectivity index (χ0n) is 17.5. The van der Waals surface area contributed by atoms with E-state index in [0.29, 0.717) is 32.0 Å². The van der Waals surface area contributed by atoms with Gasteiger partial charge in [-0.25, -0.2) is 0 Å². The zero-order chi connectivity index (χ0) is 21.6. The molecule has 0 bridgehead atoms. The van der Waals surface area contributed by atoms with E-state index in [0.717, 1.165) is 56.8 Å². The largest absolute Gasteiger partial charge is 0.416 e. The molecule has 0 spiro atoms. The normalized spacial score (nSPS) is 19.0. The van der Waals surface area contributed by atoms with Crippen LogP contribution in [0.2, 0.25) is 0 Å². The number of halogens is 3. The minimum absolute atomic E-state index is 0.226. The van der Waals surface area contributed by atoms with Gasteiger partial charge in [0.05, 0.1) is 12.1 Å². The van der Waals surface area contributed by atoms with E-state index >= 15 is 0 Å². The van der Waals surface area contributed by atoms with E-state index in [1.165, 1.54) is 12.1 Å². The number of amides is 1. The SMILES string of the molecule is CCNC(=NCC1(c2cccc(C(F)(F)F)c2)CCC1)NCCCN1CCCC1=O. The highest BCUT2D eigenvalue weighted by atomic mass is 19.4. The number of carbonyl (C=O) groups excluding carboxylic acids is 1. The second-order valence-electron chi connectivity index (χ2n) is 8.17. The van der Waals surface area contributed by atoms with Gasteiger partial charge in [0.1, 0.15) is 0 Å². The fourth-order valence-corrected chi connectivity index (χ4v) is 4.16. The van der Waals surface area contributed by atoms with E-state index in [1.54, 1.807) is 6.07 Å². The van der Waals surface area contributed by atoms with Gasteiger partial charge >= 0.3 is 6.18 Å².